The highest BCUT2D eigenvalue weighted by atomic mass is 32.2. The van der Waals surface area contributed by atoms with Crippen molar-refractivity contribution in [3.05, 3.63) is 71.5 Å². The monoisotopic (exact) mass is 482 g/mol. The molecule has 1 aliphatic heterocycles. The lowest BCUT2D eigenvalue weighted by atomic mass is 10.1. The molecule has 9 nitrogen and oxygen atoms in total. The fourth-order valence-electron chi connectivity index (χ4n) is 3.16. The van der Waals surface area contributed by atoms with E-state index in [9.17, 15) is 19.5 Å². The molecule has 10 heteroatoms. The van der Waals surface area contributed by atoms with Gasteiger partial charge in [-0.15, -0.1) is 0 Å². The Balaban J connectivity index is 1.60. The van der Waals surface area contributed by atoms with Gasteiger partial charge in [-0.2, -0.15) is 11.8 Å². The van der Waals surface area contributed by atoms with E-state index in [0.29, 0.717) is 23.5 Å². The summed E-state index contributed by atoms with van der Waals surface area (Å²) >= 11 is 1.62. The van der Waals surface area contributed by atoms with Gasteiger partial charge in [-0.05, 0) is 30.0 Å². The van der Waals surface area contributed by atoms with Crippen molar-refractivity contribution in [3.63, 3.8) is 0 Å². The molecule has 5 N–H and O–H groups in total. The molecule has 0 aliphatic carbocycles. The minimum Gasteiger partial charge on any atom is -0.512 e. The minimum atomic E-state index is -1.07. The Morgan fingerprint density at radius 3 is 2.76 bits per heavy atom. The smallest absolute Gasteiger partial charge is 0.270 e. The van der Waals surface area contributed by atoms with Gasteiger partial charge in [-0.3, -0.25) is 19.8 Å². The topological polar surface area (TPSA) is 141 Å². The molecule has 0 fully saturated rings. The van der Waals surface area contributed by atoms with Crippen molar-refractivity contribution in [1.82, 2.24) is 10.6 Å². The number of thioether (sulfide) groups is 1. The first-order valence-corrected chi connectivity index (χ1v) is 11.9. The number of anilines is 1. The highest BCUT2D eigenvalue weighted by molar-refractivity contribution is 7.98. The molecule has 0 spiro atoms. The van der Waals surface area contributed by atoms with E-state index < -0.39 is 23.6 Å². The molecule has 1 aliphatic rings. The summed E-state index contributed by atoms with van der Waals surface area (Å²) in [6, 6.07) is 12.7. The highest BCUT2D eigenvalue weighted by Crippen LogP contribution is 2.28. The molecule has 34 heavy (non-hydrogen) atoms. The minimum absolute atomic E-state index is 0.149. The maximum atomic E-state index is 12.6. The van der Waals surface area contributed by atoms with Gasteiger partial charge in [0.2, 0.25) is 0 Å². The molecule has 1 heterocycles. The standard InChI is InChI=1S/C24H26N4O5S/c1-34-10-9-26-22(30)16-7-8-21-19(12-16)27-24(32)20(14-33-21)28-23(31)18(25)13-17(29)11-15-5-3-2-4-6-15/h2-8,12-13,20,25,29H,9-11,14H2,1H3,(H,26,30)(H,27,32)(H,28,31)/b17-13-,25-18?/t20-/m0/s1. The van der Waals surface area contributed by atoms with Crippen LogP contribution in [0, 0.1) is 5.41 Å². The van der Waals surface area contributed by atoms with Gasteiger partial charge in [-0.1, -0.05) is 30.3 Å². The Kier molecular flexibility index (Phi) is 8.69. The molecule has 2 aromatic rings. The number of hydrogen-bond acceptors (Lipinski definition) is 7. The molecule has 0 bridgehead atoms. The lowest BCUT2D eigenvalue weighted by molar-refractivity contribution is -0.123. The normalized spacial score (nSPS) is 15.3. The fourth-order valence-corrected chi connectivity index (χ4v) is 3.47. The van der Waals surface area contributed by atoms with E-state index in [4.69, 9.17) is 10.1 Å². The van der Waals surface area contributed by atoms with Crippen LogP contribution in [-0.4, -0.2) is 59.7 Å². The van der Waals surface area contributed by atoms with E-state index in [-0.39, 0.29) is 24.7 Å². The summed E-state index contributed by atoms with van der Waals surface area (Å²) in [5, 5.41) is 25.9. The van der Waals surface area contributed by atoms with E-state index in [1.165, 1.54) is 6.07 Å². The fraction of sp³-hybridized carbons (Fsp3) is 0.250. The largest absolute Gasteiger partial charge is 0.512 e. The van der Waals surface area contributed by atoms with Crippen LogP contribution in [0.2, 0.25) is 0 Å². The first-order chi connectivity index (χ1) is 16.4. The maximum absolute atomic E-state index is 12.6. The molecule has 3 amide bonds. The summed E-state index contributed by atoms with van der Waals surface area (Å²) in [6.45, 7) is 0.367. The Hall–Kier alpha value is -3.79. The van der Waals surface area contributed by atoms with Crippen LogP contribution in [0.5, 0.6) is 5.75 Å². The van der Waals surface area contributed by atoms with Gasteiger partial charge in [0.15, 0.2) is 0 Å². The second kappa shape index (κ2) is 11.9. The Labute approximate surface area is 201 Å². The van der Waals surface area contributed by atoms with Gasteiger partial charge in [0.1, 0.15) is 24.1 Å². The molecule has 0 saturated heterocycles. The van der Waals surface area contributed by atoms with Gasteiger partial charge >= 0.3 is 0 Å². The Morgan fingerprint density at radius 2 is 2.03 bits per heavy atom. The third kappa shape index (κ3) is 6.85. The van der Waals surface area contributed by atoms with E-state index in [0.717, 1.165) is 17.4 Å². The van der Waals surface area contributed by atoms with Crippen LogP contribution in [0.3, 0.4) is 0 Å². The van der Waals surface area contributed by atoms with Gasteiger partial charge in [0.25, 0.3) is 17.7 Å². The number of carbonyl (C=O) groups is 3. The molecule has 0 unspecified atom stereocenters. The number of ether oxygens (including phenoxy) is 1. The van der Waals surface area contributed by atoms with Gasteiger partial charge < -0.3 is 25.8 Å². The third-order valence-corrected chi connectivity index (χ3v) is 5.51. The van der Waals surface area contributed by atoms with E-state index in [2.05, 4.69) is 16.0 Å². The maximum Gasteiger partial charge on any atom is 0.270 e. The van der Waals surface area contributed by atoms with E-state index in [1.807, 2.05) is 36.6 Å². The second-order valence-corrected chi connectivity index (χ2v) is 8.48. The summed E-state index contributed by atoms with van der Waals surface area (Å²) in [4.78, 5) is 37.3. The summed E-state index contributed by atoms with van der Waals surface area (Å²) in [5.74, 6) is -0.646. The molecule has 0 aromatic heterocycles. The Morgan fingerprint density at radius 1 is 1.26 bits per heavy atom. The van der Waals surface area contributed by atoms with Crippen LogP contribution < -0.4 is 20.7 Å². The number of allylic oxidation sites excluding steroid dienone is 1. The first kappa shape index (κ1) is 24.8. The number of aliphatic hydroxyl groups excluding tert-OH is 1. The number of carbonyl (C=O) groups excluding carboxylic acids is 3. The zero-order valence-corrected chi connectivity index (χ0v) is 19.4. The number of amides is 3. The molecule has 0 saturated carbocycles. The van der Waals surface area contributed by atoms with Crippen molar-refractivity contribution in [2.24, 2.45) is 0 Å². The summed E-state index contributed by atoms with van der Waals surface area (Å²) in [6.07, 6.45) is 3.17. The highest BCUT2D eigenvalue weighted by Gasteiger charge is 2.27. The lowest BCUT2D eigenvalue weighted by Gasteiger charge is -2.14. The first-order valence-electron chi connectivity index (χ1n) is 10.5. The third-order valence-electron chi connectivity index (χ3n) is 4.90. The van der Waals surface area contributed by atoms with Gasteiger partial charge in [0, 0.05) is 30.4 Å². The summed E-state index contributed by atoms with van der Waals surface area (Å²) in [7, 11) is 0. The summed E-state index contributed by atoms with van der Waals surface area (Å²) in [5.41, 5.74) is 1.02. The number of nitrogens with one attached hydrogen (secondary N) is 4. The van der Waals surface area contributed by atoms with Crippen molar-refractivity contribution in [3.8, 4) is 5.75 Å². The van der Waals surface area contributed by atoms with Gasteiger partial charge in [0.05, 0.1) is 11.4 Å². The van der Waals surface area contributed by atoms with Crippen LogP contribution in [0.4, 0.5) is 5.69 Å². The number of benzene rings is 2. The average molecular weight is 483 g/mol. The van der Waals surface area contributed by atoms with Crippen LogP contribution in [0.25, 0.3) is 0 Å². The summed E-state index contributed by atoms with van der Waals surface area (Å²) < 4.78 is 5.64. The predicted octanol–water partition coefficient (Wildman–Crippen LogP) is 2.30. The molecule has 2 aromatic carbocycles. The van der Waals surface area contributed by atoms with Crippen molar-refractivity contribution < 1.29 is 24.2 Å². The molecule has 178 valence electrons. The predicted molar refractivity (Wildman–Crippen MR) is 132 cm³/mol. The zero-order chi connectivity index (χ0) is 24.5. The van der Waals surface area contributed by atoms with Gasteiger partial charge in [-0.25, -0.2) is 0 Å². The quantitative estimate of drug-likeness (QED) is 0.211. The molecule has 1 atom stereocenters. The molecule has 0 radical (unpaired) electrons. The number of fused-ring (bicyclic) bond motifs is 1. The van der Waals surface area contributed by atoms with Crippen molar-refractivity contribution in [2.45, 2.75) is 12.5 Å². The number of rotatable bonds is 9. The average Bonchev–Trinajstić information content (AvgIpc) is 2.97. The van der Waals surface area contributed by atoms with Crippen molar-refractivity contribution in [1.29, 1.82) is 5.41 Å². The van der Waals surface area contributed by atoms with Crippen molar-refractivity contribution >= 4 is 40.9 Å². The molecular weight excluding hydrogens is 456 g/mol. The van der Waals surface area contributed by atoms with Crippen LogP contribution >= 0.6 is 11.8 Å². The lowest BCUT2D eigenvalue weighted by Crippen LogP contribution is -2.48. The number of hydrogen-bond donors (Lipinski definition) is 5. The van der Waals surface area contributed by atoms with Crippen molar-refractivity contribution in [2.75, 3.05) is 30.5 Å². The van der Waals surface area contributed by atoms with Crippen LogP contribution in [0.1, 0.15) is 15.9 Å². The van der Waals surface area contributed by atoms with Crippen LogP contribution in [-0.2, 0) is 16.0 Å². The molecular formula is C24H26N4O5S. The van der Waals surface area contributed by atoms with E-state index >= 15 is 0 Å². The SMILES string of the molecule is CSCCNC(=O)c1ccc2c(c1)NC(=O)[C@@H](NC(=O)C(=N)/C=C(\O)Cc1ccccc1)CO2. The van der Waals surface area contributed by atoms with E-state index in [1.54, 1.807) is 23.9 Å². The Bertz CT molecular complexity index is 1100. The number of aliphatic hydroxyl groups is 1. The second-order valence-electron chi connectivity index (χ2n) is 7.50. The van der Waals surface area contributed by atoms with Crippen LogP contribution in [0.15, 0.2) is 60.4 Å². The zero-order valence-electron chi connectivity index (χ0n) is 18.6. The molecule has 3 rings (SSSR count).